The van der Waals surface area contributed by atoms with Crippen LogP contribution >= 0.6 is 7.82 Å². The third-order valence-corrected chi connectivity index (χ3v) is 10.1. The molecule has 0 saturated carbocycles. The number of nitrogens with one attached hydrogen (secondary N) is 2. The molecule has 5 aromatic rings. The topological polar surface area (TPSA) is 131 Å². The van der Waals surface area contributed by atoms with Crippen LogP contribution in [0.2, 0.25) is 0 Å². The van der Waals surface area contributed by atoms with Gasteiger partial charge >= 0.3 is 13.9 Å². The van der Waals surface area contributed by atoms with Gasteiger partial charge in [0.1, 0.15) is 11.4 Å². The van der Waals surface area contributed by atoms with Crippen LogP contribution in [0.4, 0.5) is 9.18 Å². The number of nitrogens with zero attached hydrogens (tertiary/aromatic N) is 4. The molecule has 0 aliphatic carbocycles. The predicted octanol–water partition coefficient (Wildman–Crippen LogP) is 7.32. The standard InChI is InChI=1S/C35H38FN6O6P/c1-4-37-33(43)40-34-41-27-18-26(30(36)29(31(27)42(34)41)28-16-11-17-45-28)25-19-38-32(39-20-25)35(2,3)48-49(44,46-21-23-12-7-5-8-13-23)47-22-24-14-9-6-10-15-24/h5-10,12-15,18-20,28,34H,4,11,16-17,21-22H2,1-3H3,(H2,37,40,43). The minimum atomic E-state index is -4.16. The number of benzene rings is 3. The molecule has 256 valence electrons. The number of halogens is 1. The lowest BCUT2D eigenvalue weighted by molar-refractivity contribution is 0.0188. The Labute approximate surface area is 283 Å². The van der Waals surface area contributed by atoms with Crippen molar-refractivity contribution in [2.45, 2.75) is 64.8 Å². The van der Waals surface area contributed by atoms with Crippen molar-refractivity contribution in [3.05, 3.63) is 107 Å². The molecule has 4 heterocycles. The van der Waals surface area contributed by atoms with Crippen molar-refractivity contribution in [3.63, 3.8) is 0 Å². The summed E-state index contributed by atoms with van der Waals surface area (Å²) in [7, 11) is -4.16. The zero-order chi connectivity index (χ0) is 34.2. The lowest BCUT2D eigenvalue weighted by Crippen LogP contribution is -2.35. The highest BCUT2D eigenvalue weighted by Gasteiger charge is 2.44. The summed E-state index contributed by atoms with van der Waals surface area (Å²) in [5.41, 5.74) is 2.98. The molecule has 2 aromatic heterocycles. The maximum Gasteiger partial charge on any atom is 0.476 e. The minimum Gasteiger partial charge on any atom is -0.373 e. The fourth-order valence-electron chi connectivity index (χ4n) is 6.08. The van der Waals surface area contributed by atoms with Gasteiger partial charge in [-0.2, -0.15) is 0 Å². The third-order valence-electron chi connectivity index (χ3n) is 8.52. The number of hydrogen-bond acceptors (Lipinski definition) is 8. The van der Waals surface area contributed by atoms with Gasteiger partial charge < -0.3 is 10.1 Å². The smallest absolute Gasteiger partial charge is 0.373 e. The van der Waals surface area contributed by atoms with Crippen LogP contribution in [0, 0.1) is 5.82 Å². The number of fused-ring (bicyclic) bond motifs is 4. The van der Waals surface area contributed by atoms with Crippen molar-refractivity contribution in [3.8, 4) is 11.1 Å². The molecule has 2 unspecified atom stereocenters. The number of hydrogen-bond donors (Lipinski definition) is 2. The van der Waals surface area contributed by atoms with Gasteiger partial charge in [-0.25, -0.2) is 33.1 Å². The number of carbonyl (C=O) groups is 1. The van der Waals surface area contributed by atoms with E-state index in [0.29, 0.717) is 41.8 Å². The highest BCUT2D eigenvalue weighted by molar-refractivity contribution is 7.48. The molecular weight excluding hydrogens is 650 g/mol. The first kappa shape index (κ1) is 33.1. The van der Waals surface area contributed by atoms with Crippen molar-refractivity contribution in [2.24, 2.45) is 0 Å². The number of carbonyl (C=O) groups excluding carboxylic acids is 1. The maximum atomic E-state index is 16.4. The molecule has 0 spiro atoms. The van der Waals surface area contributed by atoms with Crippen molar-refractivity contribution in [1.29, 1.82) is 0 Å². The Morgan fingerprint density at radius 1 is 1.02 bits per heavy atom. The van der Waals surface area contributed by atoms with Crippen LogP contribution < -0.4 is 10.6 Å². The second-order valence-corrected chi connectivity index (χ2v) is 14.0. The largest absolute Gasteiger partial charge is 0.476 e. The molecule has 2 atom stereocenters. The normalized spacial score (nSPS) is 17.3. The maximum absolute atomic E-state index is 16.4. The van der Waals surface area contributed by atoms with Gasteiger partial charge in [0.2, 0.25) is 6.29 Å². The Kier molecular flexibility index (Phi) is 9.12. The van der Waals surface area contributed by atoms with Gasteiger partial charge in [-0.05, 0) is 50.8 Å². The molecule has 1 fully saturated rings. The summed E-state index contributed by atoms with van der Waals surface area (Å²) in [5, 5.41) is 5.62. The first-order valence-corrected chi connectivity index (χ1v) is 17.7. The van der Waals surface area contributed by atoms with Gasteiger partial charge in [0, 0.05) is 42.2 Å². The molecular formula is C35H38FN6O6P. The Hall–Kier alpha value is -4.39. The lowest BCUT2D eigenvalue weighted by atomic mass is 9.97. The van der Waals surface area contributed by atoms with Gasteiger partial charge in [-0.1, -0.05) is 60.7 Å². The molecule has 3 aromatic carbocycles. The third kappa shape index (κ3) is 6.77. The number of phosphoric acid groups is 1. The first-order chi connectivity index (χ1) is 23.7. The van der Waals surface area contributed by atoms with Crippen LogP contribution in [0.3, 0.4) is 0 Å². The van der Waals surface area contributed by atoms with E-state index in [1.54, 1.807) is 19.9 Å². The molecule has 12 nitrogen and oxygen atoms in total. The highest BCUT2D eigenvalue weighted by Crippen LogP contribution is 2.55. The van der Waals surface area contributed by atoms with E-state index in [1.165, 1.54) is 12.4 Å². The summed E-state index contributed by atoms with van der Waals surface area (Å²) in [5.74, 6) is -0.218. The van der Waals surface area contributed by atoms with Crippen LogP contribution in [0.25, 0.3) is 22.2 Å². The van der Waals surface area contributed by atoms with E-state index in [4.69, 9.17) is 18.3 Å². The Morgan fingerprint density at radius 2 is 1.65 bits per heavy atom. The van der Waals surface area contributed by atoms with Gasteiger partial charge in [0.05, 0.1) is 30.4 Å². The number of phosphoric ester groups is 1. The van der Waals surface area contributed by atoms with E-state index in [2.05, 4.69) is 20.6 Å². The van der Waals surface area contributed by atoms with Gasteiger partial charge in [0.15, 0.2) is 5.82 Å². The number of rotatable bonds is 13. The lowest BCUT2D eigenvalue weighted by Gasteiger charge is -2.28. The molecule has 14 heteroatoms. The van der Waals surface area contributed by atoms with Crippen molar-refractivity contribution >= 4 is 24.9 Å². The molecule has 49 heavy (non-hydrogen) atoms. The molecule has 2 aliphatic rings. The van der Waals surface area contributed by atoms with Gasteiger partial charge in [0.25, 0.3) is 0 Å². The molecule has 2 N–H and O–H groups in total. The number of ether oxygens (including phenoxy) is 1. The fraction of sp³-hybridized carbons (Fsp3) is 0.343. The molecule has 1 saturated heterocycles. The van der Waals surface area contributed by atoms with Crippen LogP contribution in [0.15, 0.2) is 79.1 Å². The van der Waals surface area contributed by atoms with Crippen LogP contribution in [0.5, 0.6) is 0 Å². The van der Waals surface area contributed by atoms with Crippen molar-refractivity contribution in [2.75, 3.05) is 13.2 Å². The number of aromatic nitrogens is 4. The Bertz CT molecular complexity index is 1950. The number of urea groups is 1. The summed E-state index contributed by atoms with van der Waals surface area (Å²) >= 11 is 0. The molecule has 2 aliphatic heterocycles. The SMILES string of the molecule is CCNC(=O)NC1n2c3cc(-c4cnc(C(C)(C)OP(=O)(OCc5ccccc5)OCc5ccccc5)nc4)c(F)c(C4CCCO4)c3n21. The summed E-state index contributed by atoms with van der Waals surface area (Å²) in [6.07, 6.45) is 3.73. The average molecular weight is 689 g/mol. The van der Waals surface area contributed by atoms with E-state index in [-0.39, 0.29) is 25.1 Å². The Balaban J connectivity index is 1.14. The van der Waals surface area contributed by atoms with Gasteiger partial charge in [-0.15, -0.1) is 0 Å². The molecule has 0 radical (unpaired) electrons. The van der Waals surface area contributed by atoms with E-state index in [0.717, 1.165) is 23.1 Å². The van der Waals surface area contributed by atoms with Crippen molar-refractivity contribution in [1.82, 2.24) is 30.0 Å². The van der Waals surface area contributed by atoms with Crippen LogP contribution in [0.1, 0.15) is 68.5 Å². The zero-order valence-electron chi connectivity index (χ0n) is 27.5. The van der Waals surface area contributed by atoms with E-state index < -0.39 is 31.6 Å². The van der Waals surface area contributed by atoms with E-state index in [9.17, 15) is 9.36 Å². The monoisotopic (exact) mass is 688 g/mol. The fourth-order valence-corrected chi connectivity index (χ4v) is 7.51. The summed E-state index contributed by atoms with van der Waals surface area (Å²) in [6, 6.07) is 20.1. The molecule has 2 amide bonds. The molecule has 7 rings (SSSR count). The van der Waals surface area contributed by atoms with E-state index in [1.807, 2.05) is 77.0 Å². The van der Waals surface area contributed by atoms with Crippen molar-refractivity contribution < 1.29 is 32.1 Å². The summed E-state index contributed by atoms with van der Waals surface area (Å²) < 4.78 is 57.9. The zero-order valence-corrected chi connectivity index (χ0v) is 28.4. The number of amides is 2. The second kappa shape index (κ2) is 13.5. The average Bonchev–Trinajstić information content (AvgIpc) is 3.39. The minimum absolute atomic E-state index is 0.00152. The van der Waals surface area contributed by atoms with Crippen LogP contribution in [-0.4, -0.2) is 38.5 Å². The molecule has 0 bridgehead atoms. The van der Waals surface area contributed by atoms with E-state index >= 15 is 4.39 Å². The first-order valence-electron chi connectivity index (χ1n) is 16.3. The second-order valence-electron chi connectivity index (χ2n) is 12.5. The quantitative estimate of drug-likeness (QED) is 0.123. The summed E-state index contributed by atoms with van der Waals surface area (Å²) in [4.78, 5) is 21.3. The predicted molar refractivity (Wildman–Crippen MR) is 180 cm³/mol. The van der Waals surface area contributed by atoms with Gasteiger partial charge in [-0.3, -0.25) is 18.9 Å². The highest BCUT2D eigenvalue weighted by atomic mass is 31.2. The van der Waals surface area contributed by atoms with Crippen LogP contribution in [-0.2, 0) is 41.7 Å². The Morgan fingerprint density at radius 3 is 2.22 bits per heavy atom. The summed E-state index contributed by atoms with van der Waals surface area (Å²) in [6.45, 7) is 6.22.